The summed E-state index contributed by atoms with van der Waals surface area (Å²) in [5.74, 6) is 0.0171. The van der Waals surface area contributed by atoms with E-state index in [9.17, 15) is 14.0 Å². The van der Waals surface area contributed by atoms with Crippen LogP contribution in [0.15, 0.2) is 99.9 Å². The number of thioether (sulfide) groups is 1. The second-order valence-corrected chi connectivity index (χ2v) is 12.6. The Balaban J connectivity index is 1.19. The molecule has 12 heteroatoms. The van der Waals surface area contributed by atoms with Gasteiger partial charge in [0.2, 0.25) is 0 Å². The molecule has 3 aromatic heterocycles. The third-order valence-electron chi connectivity index (χ3n) is 6.96. The number of nitrogens with one attached hydrogen (secondary N) is 1. The van der Waals surface area contributed by atoms with Crippen LogP contribution in [0.4, 0.5) is 4.39 Å². The summed E-state index contributed by atoms with van der Waals surface area (Å²) in [5.41, 5.74) is 2.81. The molecule has 218 valence electrons. The maximum absolute atomic E-state index is 13.7. The van der Waals surface area contributed by atoms with Crippen LogP contribution < -0.4 is 5.32 Å². The van der Waals surface area contributed by atoms with Crippen LogP contribution in [0.2, 0.25) is 0 Å². The van der Waals surface area contributed by atoms with Crippen LogP contribution in [0.1, 0.15) is 44.0 Å². The quantitative estimate of drug-likeness (QED) is 0.176. The van der Waals surface area contributed by atoms with Crippen molar-refractivity contribution in [2.45, 2.75) is 37.1 Å². The van der Waals surface area contributed by atoms with Crippen molar-refractivity contribution in [3.05, 3.63) is 122 Å². The lowest BCUT2D eigenvalue weighted by Crippen LogP contribution is -2.28. The first-order valence-electron chi connectivity index (χ1n) is 13.6. The highest BCUT2D eigenvalue weighted by Crippen LogP contribution is 2.34. The fourth-order valence-corrected chi connectivity index (χ4v) is 6.99. The summed E-state index contributed by atoms with van der Waals surface area (Å²) in [6.45, 7) is 0.792. The molecular weight excluding hydrogens is 604 g/mol. The van der Waals surface area contributed by atoms with Crippen LogP contribution in [0.3, 0.4) is 0 Å². The van der Waals surface area contributed by atoms with E-state index in [1.165, 1.54) is 40.2 Å². The van der Waals surface area contributed by atoms with E-state index in [1.54, 1.807) is 29.5 Å². The van der Waals surface area contributed by atoms with Crippen LogP contribution in [0.25, 0.3) is 0 Å². The Kier molecular flexibility index (Phi) is 9.06. The van der Waals surface area contributed by atoms with Crippen molar-refractivity contribution in [1.29, 1.82) is 0 Å². The van der Waals surface area contributed by atoms with Crippen molar-refractivity contribution in [2.24, 2.45) is 5.10 Å². The average Bonchev–Trinajstić information content (AvgIpc) is 3.85. The van der Waals surface area contributed by atoms with E-state index >= 15 is 0 Å². The van der Waals surface area contributed by atoms with Gasteiger partial charge < -0.3 is 9.88 Å². The normalized spacial score (nSPS) is 14.6. The smallest absolute Gasteiger partial charge is 0.261 e. The molecule has 2 aromatic carbocycles. The lowest BCUT2D eigenvalue weighted by atomic mass is 10.0. The number of aromatic nitrogens is 3. The SMILES string of the molecule is O=C(NCc1nnc(SCC(=O)N2N=C(c3cccs3)C[C@H]2c2ccc(F)cc2)n1CCc1ccccc1)c1cccs1. The Hall–Kier alpha value is -4.13. The van der Waals surface area contributed by atoms with E-state index in [0.717, 1.165) is 28.1 Å². The van der Waals surface area contributed by atoms with Gasteiger partial charge in [-0.05, 0) is 52.6 Å². The number of aryl methyl sites for hydroxylation is 1. The summed E-state index contributed by atoms with van der Waals surface area (Å²) in [5, 5.41) is 22.3. The maximum Gasteiger partial charge on any atom is 0.261 e. The molecule has 0 saturated heterocycles. The number of halogens is 1. The Morgan fingerprint density at radius 3 is 2.49 bits per heavy atom. The lowest BCUT2D eigenvalue weighted by Gasteiger charge is -2.22. The number of hydrogen-bond donors (Lipinski definition) is 1. The average molecular weight is 631 g/mol. The first kappa shape index (κ1) is 29.0. The van der Waals surface area contributed by atoms with Gasteiger partial charge in [0, 0.05) is 13.0 Å². The summed E-state index contributed by atoms with van der Waals surface area (Å²) in [4.78, 5) is 27.8. The molecule has 0 radical (unpaired) electrons. The predicted molar refractivity (Wildman–Crippen MR) is 168 cm³/mol. The number of hydrogen-bond acceptors (Lipinski definition) is 8. The van der Waals surface area contributed by atoms with Crippen molar-refractivity contribution in [2.75, 3.05) is 5.75 Å². The molecule has 6 rings (SSSR count). The summed E-state index contributed by atoms with van der Waals surface area (Å²) in [6.07, 6.45) is 1.28. The molecule has 8 nitrogen and oxygen atoms in total. The molecule has 0 fully saturated rings. The number of nitrogens with zero attached hydrogens (tertiary/aromatic N) is 5. The van der Waals surface area contributed by atoms with Crippen LogP contribution in [0.5, 0.6) is 0 Å². The zero-order chi connectivity index (χ0) is 29.6. The van der Waals surface area contributed by atoms with Gasteiger partial charge in [-0.1, -0.05) is 66.4 Å². The molecule has 0 unspecified atom stereocenters. The first-order valence-corrected chi connectivity index (χ1v) is 16.4. The Morgan fingerprint density at radius 1 is 0.953 bits per heavy atom. The molecule has 4 heterocycles. The number of thiophene rings is 2. The lowest BCUT2D eigenvalue weighted by molar-refractivity contribution is -0.130. The minimum Gasteiger partial charge on any atom is -0.344 e. The number of hydrazone groups is 1. The summed E-state index contributed by atoms with van der Waals surface area (Å²) >= 11 is 4.24. The van der Waals surface area contributed by atoms with Gasteiger partial charge in [-0.25, -0.2) is 9.40 Å². The molecule has 2 amide bonds. The van der Waals surface area contributed by atoms with E-state index in [4.69, 9.17) is 5.10 Å². The minimum atomic E-state index is -0.329. The number of rotatable bonds is 11. The third-order valence-corrected chi connectivity index (χ3v) is 9.70. The standard InChI is InChI=1S/C31H27FN6O2S3/c32-23-12-10-22(11-13-23)25-18-24(26-8-4-16-41-26)36-38(25)29(39)20-43-31-35-34-28(19-33-30(40)27-9-5-17-42-27)37(31)15-14-21-6-2-1-3-7-21/h1-13,16-17,25H,14-15,18-20H2,(H,33,40)/t25-/m0/s1. The van der Waals surface area contributed by atoms with Gasteiger partial charge in [-0.15, -0.1) is 32.9 Å². The van der Waals surface area contributed by atoms with E-state index < -0.39 is 0 Å². The van der Waals surface area contributed by atoms with Crippen LogP contribution >= 0.6 is 34.4 Å². The van der Waals surface area contributed by atoms with Crippen molar-refractivity contribution in [1.82, 2.24) is 25.1 Å². The third kappa shape index (κ3) is 6.93. The minimum absolute atomic E-state index is 0.0872. The van der Waals surface area contributed by atoms with E-state index in [2.05, 4.69) is 27.6 Å². The van der Waals surface area contributed by atoms with Crippen molar-refractivity contribution in [3.63, 3.8) is 0 Å². The van der Waals surface area contributed by atoms with E-state index in [1.807, 2.05) is 51.7 Å². The van der Waals surface area contributed by atoms with Crippen molar-refractivity contribution in [3.8, 4) is 0 Å². The molecule has 0 bridgehead atoms. The molecule has 1 N–H and O–H groups in total. The highest BCUT2D eigenvalue weighted by Gasteiger charge is 2.33. The maximum atomic E-state index is 13.7. The van der Waals surface area contributed by atoms with Crippen LogP contribution in [-0.2, 0) is 24.3 Å². The van der Waals surface area contributed by atoms with Gasteiger partial charge in [0.05, 0.1) is 33.8 Å². The fraction of sp³-hybridized carbons (Fsp3) is 0.194. The van der Waals surface area contributed by atoms with E-state index in [0.29, 0.717) is 28.8 Å². The van der Waals surface area contributed by atoms with Crippen molar-refractivity contribution >= 4 is 52.0 Å². The van der Waals surface area contributed by atoms with Gasteiger partial charge in [0.15, 0.2) is 11.0 Å². The zero-order valence-corrected chi connectivity index (χ0v) is 25.4. The molecule has 0 saturated carbocycles. The Labute approximate surface area is 260 Å². The molecule has 1 atom stereocenters. The first-order chi connectivity index (χ1) is 21.0. The number of benzene rings is 2. The van der Waals surface area contributed by atoms with Crippen molar-refractivity contribution < 1.29 is 14.0 Å². The topological polar surface area (TPSA) is 92.5 Å². The monoisotopic (exact) mass is 630 g/mol. The van der Waals surface area contributed by atoms with E-state index in [-0.39, 0.29) is 36.0 Å². The predicted octanol–water partition coefficient (Wildman–Crippen LogP) is 6.18. The second-order valence-electron chi connectivity index (χ2n) is 9.77. The van der Waals surface area contributed by atoms with Gasteiger partial charge in [0.25, 0.3) is 11.8 Å². The van der Waals surface area contributed by atoms with Gasteiger partial charge in [-0.3, -0.25) is 9.59 Å². The summed E-state index contributed by atoms with van der Waals surface area (Å²) in [7, 11) is 0. The number of carbonyl (C=O) groups excluding carboxylic acids is 2. The number of amides is 2. The van der Waals surface area contributed by atoms with Gasteiger partial charge in [-0.2, -0.15) is 5.10 Å². The second kappa shape index (κ2) is 13.4. The highest BCUT2D eigenvalue weighted by atomic mass is 32.2. The van der Waals surface area contributed by atoms with Gasteiger partial charge in [0.1, 0.15) is 5.82 Å². The molecule has 0 aliphatic carbocycles. The largest absolute Gasteiger partial charge is 0.344 e. The molecule has 43 heavy (non-hydrogen) atoms. The summed E-state index contributed by atoms with van der Waals surface area (Å²) in [6, 6.07) is 23.5. The van der Waals surface area contributed by atoms with Gasteiger partial charge >= 0.3 is 0 Å². The van der Waals surface area contributed by atoms with Crippen LogP contribution in [-0.4, -0.2) is 43.1 Å². The zero-order valence-electron chi connectivity index (χ0n) is 22.9. The fourth-order valence-electron chi connectivity index (χ4n) is 4.79. The number of carbonyl (C=O) groups is 2. The Morgan fingerprint density at radius 2 is 1.74 bits per heavy atom. The van der Waals surface area contributed by atoms with Crippen LogP contribution in [0, 0.1) is 5.82 Å². The molecule has 0 spiro atoms. The highest BCUT2D eigenvalue weighted by molar-refractivity contribution is 7.99. The molecule has 1 aliphatic rings. The molecule has 1 aliphatic heterocycles. The molecular formula is C31H27FN6O2S3. The molecule has 5 aromatic rings. The summed E-state index contributed by atoms with van der Waals surface area (Å²) < 4.78 is 15.6. The Bertz CT molecular complexity index is 1700.